The zero-order valence-electron chi connectivity index (χ0n) is 11.4. The number of carbonyl (C=O) groups is 2. The molecule has 2 N–H and O–H groups in total. The second-order valence-electron chi connectivity index (χ2n) is 5.04. The largest absolute Gasteiger partial charge is 0.480 e. The van der Waals surface area contributed by atoms with Gasteiger partial charge in [0.1, 0.15) is 6.04 Å². The zero-order valence-corrected chi connectivity index (χ0v) is 12.2. The van der Waals surface area contributed by atoms with Gasteiger partial charge in [0.2, 0.25) is 0 Å². The number of aliphatic hydroxyl groups is 1. The number of morpholine rings is 1. The Morgan fingerprint density at radius 3 is 2.80 bits per heavy atom. The monoisotopic (exact) mass is 304 g/mol. The number of thioether (sulfide) groups is 1. The molecule has 2 rings (SSSR count). The first-order valence-corrected chi connectivity index (χ1v) is 7.80. The van der Waals surface area contributed by atoms with Crippen molar-refractivity contribution >= 4 is 23.8 Å². The van der Waals surface area contributed by atoms with Crippen LogP contribution in [0.3, 0.4) is 0 Å². The van der Waals surface area contributed by atoms with E-state index in [1.54, 1.807) is 16.7 Å². The van der Waals surface area contributed by atoms with E-state index in [2.05, 4.69) is 0 Å². The van der Waals surface area contributed by atoms with E-state index in [9.17, 15) is 14.7 Å². The predicted molar refractivity (Wildman–Crippen MR) is 73.8 cm³/mol. The lowest BCUT2D eigenvalue weighted by Crippen LogP contribution is -2.60. The van der Waals surface area contributed by atoms with E-state index < -0.39 is 18.1 Å². The maximum Gasteiger partial charge on any atom is 0.327 e. The summed E-state index contributed by atoms with van der Waals surface area (Å²) < 4.78 is 5.40. The number of aliphatic carboxylic acids is 1. The van der Waals surface area contributed by atoms with Crippen LogP contribution in [0.15, 0.2) is 0 Å². The molecule has 3 atom stereocenters. The fourth-order valence-electron chi connectivity index (χ4n) is 2.40. The number of carboxylic acids is 1. The van der Waals surface area contributed by atoms with Gasteiger partial charge in [0.05, 0.1) is 31.9 Å². The number of nitrogens with zero attached hydrogens (tertiary/aromatic N) is 2. The smallest absolute Gasteiger partial charge is 0.327 e. The highest BCUT2D eigenvalue weighted by Gasteiger charge is 2.38. The zero-order chi connectivity index (χ0) is 14.7. The average Bonchev–Trinajstić information content (AvgIpc) is 2.47. The highest BCUT2D eigenvalue weighted by Crippen LogP contribution is 2.21. The summed E-state index contributed by atoms with van der Waals surface area (Å²) in [4.78, 5) is 26.9. The van der Waals surface area contributed by atoms with Crippen LogP contribution in [0.5, 0.6) is 0 Å². The molecule has 0 saturated carbocycles. The van der Waals surface area contributed by atoms with Gasteiger partial charge in [-0.1, -0.05) is 0 Å². The lowest BCUT2D eigenvalue weighted by atomic mass is 10.2. The Balaban J connectivity index is 2.09. The normalized spacial score (nSPS) is 31.2. The molecule has 0 aromatic rings. The van der Waals surface area contributed by atoms with Gasteiger partial charge >= 0.3 is 12.0 Å². The second-order valence-corrected chi connectivity index (χ2v) is 6.19. The fourth-order valence-corrected chi connectivity index (χ4v) is 3.43. The van der Waals surface area contributed by atoms with Gasteiger partial charge in [0.15, 0.2) is 0 Å². The van der Waals surface area contributed by atoms with Crippen LogP contribution in [0.25, 0.3) is 0 Å². The predicted octanol–water partition coefficient (Wildman–Crippen LogP) is -0.310. The molecular weight excluding hydrogens is 284 g/mol. The Morgan fingerprint density at radius 1 is 1.40 bits per heavy atom. The van der Waals surface area contributed by atoms with E-state index in [1.807, 2.05) is 6.92 Å². The minimum atomic E-state index is -0.967. The molecule has 8 heteroatoms. The molecule has 0 aliphatic carbocycles. The third kappa shape index (κ3) is 3.18. The molecule has 0 bridgehead atoms. The number of rotatable bonds is 2. The lowest BCUT2D eigenvalue weighted by molar-refractivity contribution is -0.142. The van der Waals surface area contributed by atoms with Gasteiger partial charge in [-0.15, -0.1) is 0 Å². The molecule has 2 heterocycles. The van der Waals surface area contributed by atoms with Crippen LogP contribution in [-0.2, 0) is 9.53 Å². The number of hydrogen-bond donors (Lipinski definition) is 2. The molecule has 2 fully saturated rings. The Labute approximate surface area is 121 Å². The first-order chi connectivity index (χ1) is 9.54. The summed E-state index contributed by atoms with van der Waals surface area (Å²) in [6, 6.07) is -1.16. The van der Waals surface area contributed by atoms with E-state index in [-0.39, 0.29) is 18.7 Å². The topological polar surface area (TPSA) is 90.3 Å². The minimum absolute atomic E-state index is 0.116. The van der Waals surface area contributed by atoms with Crippen LogP contribution in [-0.4, -0.2) is 88.0 Å². The van der Waals surface area contributed by atoms with Crippen LogP contribution < -0.4 is 0 Å². The molecule has 3 unspecified atom stereocenters. The van der Waals surface area contributed by atoms with Crippen molar-refractivity contribution in [1.82, 2.24) is 9.80 Å². The van der Waals surface area contributed by atoms with Crippen molar-refractivity contribution in [2.45, 2.75) is 25.1 Å². The van der Waals surface area contributed by atoms with Crippen molar-refractivity contribution in [3.8, 4) is 0 Å². The van der Waals surface area contributed by atoms with Gasteiger partial charge in [0.25, 0.3) is 0 Å². The number of hydrogen-bond acceptors (Lipinski definition) is 5. The second kappa shape index (κ2) is 6.64. The van der Waals surface area contributed by atoms with E-state index >= 15 is 0 Å². The summed E-state index contributed by atoms with van der Waals surface area (Å²) in [6.45, 7) is 2.81. The Hall–Kier alpha value is -0.990. The first-order valence-electron chi connectivity index (χ1n) is 6.64. The average molecular weight is 304 g/mol. The van der Waals surface area contributed by atoms with E-state index in [4.69, 9.17) is 9.84 Å². The van der Waals surface area contributed by atoms with E-state index in [0.717, 1.165) is 5.75 Å². The molecule has 7 nitrogen and oxygen atoms in total. The summed E-state index contributed by atoms with van der Waals surface area (Å²) in [7, 11) is 0. The highest BCUT2D eigenvalue weighted by atomic mass is 32.2. The number of carboxylic acid groups (broad SMARTS) is 1. The molecule has 2 amide bonds. The van der Waals surface area contributed by atoms with Crippen molar-refractivity contribution in [3.05, 3.63) is 0 Å². The Morgan fingerprint density at radius 2 is 2.15 bits per heavy atom. The maximum absolute atomic E-state index is 12.6. The summed E-state index contributed by atoms with van der Waals surface area (Å²) in [5.41, 5.74) is 0. The number of ether oxygens (including phenoxy) is 1. The van der Waals surface area contributed by atoms with Crippen molar-refractivity contribution in [2.75, 3.05) is 37.8 Å². The molecule has 114 valence electrons. The van der Waals surface area contributed by atoms with Gasteiger partial charge in [-0.3, -0.25) is 0 Å². The molecule has 0 radical (unpaired) electrons. The summed E-state index contributed by atoms with van der Waals surface area (Å²) in [6.07, 6.45) is -0.391. The Bertz CT molecular complexity index is 381. The number of amides is 2. The number of aliphatic hydroxyl groups excluding tert-OH is 1. The van der Waals surface area contributed by atoms with Crippen molar-refractivity contribution in [2.24, 2.45) is 0 Å². The molecule has 0 aromatic heterocycles. The van der Waals surface area contributed by atoms with Gasteiger partial charge in [-0.25, -0.2) is 9.59 Å². The van der Waals surface area contributed by atoms with E-state index in [1.165, 1.54) is 4.90 Å². The molecule has 20 heavy (non-hydrogen) atoms. The third-order valence-electron chi connectivity index (χ3n) is 3.61. The standard InChI is InChI=1S/C12H20N2O5S/c1-8-6-19-9(5-15)4-14(8)12(18)13-2-3-20-7-10(13)11(16)17/h8-10,15H,2-7H2,1H3,(H,16,17). The molecule has 2 saturated heterocycles. The quantitative estimate of drug-likeness (QED) is 0.727. The van der Waals surface area contributed by atoms with E-state index in [0.29, 0.717) is 25.4 Å². The molecule has 2 aliphatic rings. The molecule has 0 aromatic carbocycles. The minimum Gasteiger partial charge on any atom is -0.480 e. The summed E-state index contributed by atoms with van der Waals surface area (Å²) >= 11 is 1.55. The molecule has 0 spiro atoms. The van der Waals surface area contributed by atoms with Crippen LogP contribution in [0.4, 0.5) is 4.79 Å². The van der Waals surface area contributed by atoms with Crippen molar-refractivity contribution in [3.63, 3.8) is 0 Å². The number of urea groups is 1. The Kier molecular flexibility index (Phi) is 5.11. The van der Waals surface area contributed by atoms with Crippen molar-refractivity contribution in [1.29, 1.82) is 0 Å². The van der Waals surface area contributed by atoms with Crippen LogP contribution in [0.2, 0.25) is 0 Å². The summed E-state index contributed by atoms with van der Waals surface area (Å²) in [5.74, 6) is 0.200. The lowest BCUT2D eigenvalue weighted by Gasteiger charge is -2.42. The van der Waals surface area contributed by atoms with Crippen LogP contribution in [0, 0.1) is 0 Å². The van der Waals surface area contributed by atoms with Crippen LogP contribution in [0.1, 0.15) is 6.92 Å². The molecular formula is C12H20N2O5S. The SMILES string of the molecule is CC1COC(CO)CN1C(=O)N1CCSCC1C(=O)O. The first kappa shape index (κ1) is 15.4. The van der Waals surface area contributed by atoms with Crippen molar-refractivity contribution < 1.29 is 24.5 Å². The third-order valence-corrected chi connectivity index (χ3v) is 4.64. The van der Waals surface area contributed by atoms with Crippen LogP contribution >= 0.6 is 11.8 Å². The van der Waals surface area contributed by atoms with Gasteiger partial charge < -0.3 is 24.7 Å². The van der Waals surface area contributed by atoms with Gasteiger partial charge in [-0.2, -0.15) is 11.8 Å². The fraction of sp³-hybridized carbons (Fsp3) is 0.833. The van der Waals surface area contributed by atoms with Gasteiger partial charge in [-0.05, 0) is 6.92 Å². The highest BCUT2D eigenvalue weighted by molar-refractivity contribution is 7.99. The van der Waals surface area contributed by atoms with Gasteiger partial charge in [0, 0.05) is 18.1 Å². The summed E-state index contributed by atoms with van der Waals surface area (Å²) in [5, 5.41) is 18.4. The number of carbonyl (C=O) groups excluding carboxylic acids is 1. The maximum atomic E-state index is 12.6. The molecule has 2 aliphatic heterocycles.